The number of ether oxygens (including phenoxy) is 1. The first kappa shape index (κ1) is 17.9. The number of methoxy groups -OCH3 is 1. The molecule has 0 aliphatic heterocycles. The summed E-state index contributed by atoms with van der Waals surface area (Å²) >= 11 is 0. The van der Waals surface area contributed by atoms with Gasteiger partial charge in [0.15, 0.2) is 0 Å². The summed E-state index contributed by atoms with van der Waals surface area (Å²) in [6, 6.07) is 4.63. The molecular weight excluding hydrogens is 269 g/mol. The van der Waals surface area contributed by atoms with Gasteiger partial charge in [-0.05, 0) is 31.0 Å². The van der Waals surface area contributed by atoms with Crippen LogP contribution in [0.4, 0.5) is 4.39 Å². The summed E-state index contributed by atoms with van der Waals surface area (Å²) < 4.78 is 19.1. The molecule has 0 aliphatic rings. The molecule has 0 spiro atoms. The molecule has 0 aliphatic carbocycles. The van der Waals surface area contributed by atoms with Crippen LogP contribution in [0.5, 0.6) is 5.75 Å². The van der Waals surface area contributed by atoms with E-state index < -0.39 is 11.9 Å². The zero-order valence-electron chi connectivity index (χ0n) is 13.6. The van der Waals surface area contributed by atoms with Crippen LogP contribution in [-0.2, 0) is 0 Å². The van der Waals surface area contributed by atoms with Crippen LogP contribution in [0.1, 0.15) is 45.3 Å². The zero-order valence-corrected chi connectivity index (χ0v) is 13.6. The monoisotopic (exact) mass is 297 g/mol. The molecule has 1 rings (SSSR count). The molecule has 120 valence electrons. The summed E-state index contributed by atoms with van der Waals surface area (Å²) in [6.45, 7) is 9.20. The minimum absolute atomic E-state index is 0.264. The Hall–Kier alpha value is -1.13. The highest BCUT2D eigenvalue weighted by molar-refractivity contribution is 5.36. The predicted molar refractivity (Wildman–Crippen MR) is 84.1 cm³/mol. The Morgan fingerprint density at radius 3 is 2.62 bits per heavy atom. The van der Waals surface area contributed by atoms with Crippen LogP contribution < -0.4 is 4.74 Å². The van der Waals surface area contributed by atoms with Crippen LogP contribution in [0.2, 0.25) is 0 Å². The third kappa shape index (κ3) is 5.29. The number of hydrogen-bond donors (Lipinski definition) is 1. The Balaban J connectivity index is 2.66. The Morgan fingerprint density at radius 2 is 2.05 bits per heavy atom. The average Bonchev–Trinajstić information content (AvgIpc) is 2.50. The molecule has 1 aromatic carbocycles. The fourth-order valence-electron chi connectivity index (χ4n) is 2.42. The van der Waals surface area contributed by atoms with Gasteiger partial charge in [-0.1, -0.05) is 33.3 Å². The average molecular weight is 297 g/mol. The lowest BCUT2D eigenvalue weighted by atomic mass is 10.0. The van der Waals surface area contributed by atoms with Crippen LogP contribution in [0.3, 0.4) is 0 Å². The van der Waals surface area contributed by atoms with Crippen LogP contribution in [-0.4, -0.2) is 36.8 Å². The molecule has 2 atom stereocenters. The molecule has 2 unspecified atom stereocenters. The highest BCUT2D eigenvalue weighted by Crippen LogP contribution is 2.29. The summed E-state index contributed by atoms with van der Waals surface area (Å²) in [7, 11) is 1.49. The molecule has 0 saturated carbocycles. The standard InChI is InChI=1S/C17H28FNO2/c1-5-13(3)12-19(6-2)11-10-15(20)17-14(18)8-7-9-16(17)21-4/h7-9,13,15,20H,5-6,10-12H2,1-4H3. The van der Waals surface area contributed by atoms with E-state index in [1.807, 2.05) is 0 Å². The Kier molecular flexibility index (Phi) is 7.68. The minimum Gasteiger partial charge on any atom is -0.496 e. The van der Waals surface area contributed by atoms with Crippen molar-refractivity contribution in [3.05, 3.63) is 29.6 Å². The van der Waals surface area contributed by atoms with Crippen molar-refractivity contribution in [2.24, 2.45) is 5.92 Å². The Morgan fingerprint density at radius 1 is 1.33 bits per heavy atom. The lowest BCUT2D eigenvalue weighted by Crippen LogP contribution is -2.30. The van der Waals surface area contributed by atoms with Crippen molar-refractivity contribution in [1.82, 2.24) is 4.90 Å². The zero-order chi connectivity index (χ0) is 15.8. The molecule has 0 amide bonds. The van der Waals surface area contributed by atoms with Gasteiger partial charge >= 0.3 is 0 Å². The molecule has 0 radical (unpaired) electrons. The van der Waals surface area contributed by atoms with Crippen molar-refractivity contribution in [1.29, 1.82) is 0 Å². The third-order valence-corrected chi connectivity index (χ3v) is 4.00. The van der Waals surface area contributed by atoms with E-state index in [0.29, 0.717) is 18.1 Å². The van der Waals surface area contributed by atoms with E-state index in [-0.39, 0.29) is 5.56 Å². The Bertz CT molecular complexity index is 425. The number of benzene rings is 1. The predicted octanol–water partition coefficient (Wildman–Crippen LogP) is 3.63. The highest BCUT2D eigenvalue weighted by Gasteiger charge is 2.19. The van der Waals surface area contributed by atoms with E-state index in [1.165, 1.54) is 13.2 Å². The normalized spacial score (nSPS) is 14.2. The van der Waals surface area contributed by atoms with E-state index in [0.717, 1.165) is 26.1 Å². The van der Waals surface area contributed by atoms with E-state index in [4.69, 9.17) is 4.74 Å². The first-order chi connectivity index (χ1) is 10.0. The molecule has 0 aromatic heterocycles. The number of halogens is 1. The lowest BCUT2D eigenvalue weighted by molar-refractivity contribution is 0.131. The van der Waals surface area contributed by atoms with Gasteiger partial charge in [0.05, 0.1) is 18.8 Å². The van der Waals surface area contributed by atoms with Gasteiger partial charge in [-0.2, -0.15) is 0 Å². The second-order valence-electron chi connectivity index (χ2n) is 5.57. The molecule has 4 heteroatoms. The quantitative estimate of drug-likeness (QED) is 0.755. The summed E-state index contributed by atoms with van der Waals surface area (Å²) in [4.78, 5) is 2.30. The third-order valence-electron chi connectivity index (χ3n) is 4.00. The first-order valence-corrected chi connectivity index (χ1v) is 7.76. The maximum Gasteiger partial charge on any atom is 0.132 e. The number of nitrogens with zero attached hydrogens (tertiary/aromatic N) is 1. The maximum absolute atomic E-state index is 13.9. The van der Waals surface area contributed by atoms with E-state index >= 15 is 0 Å². The number of rotatable bonds is 9. The van der Waals surface area contributed by atoms with E-state index in [2.05, 4.69) is 25.7 Å². The van der Waals surface area contributed by atoms with Gasteiger partial charge in [0.2, 0.25) is 0 Å². The fraction of sp³-hybridized carbons (Fsp3) is 0.647. The highest BCUT2D eigenvalue weighted by atomic mass is 19.1. The molecule has 1 aromatic rings. The van der Waals surface area contributed by atoms with E-state index in [1.54, 1.807) is 12.1 Å². The van der Waals surface area contributed by atoms with Gasteiger partial charge in [0.25, 0.3) is 0 Å². The van der Waals surface area contributed by atoms with Crippen LogP contribution in [0.25, 0.3) is 0 Å². The summed E-state index contributed by atoms with van der Waals surface area (Å²) in [5, 5.41) is 10.3. The van der Waals surface area contributed by atoms with Crippen molar-refractivity contribution in [2.45, 2.75) is 39.7 Å². The van der Waals surface area contributed by atoms with Crippen molar-refractivity contribution < 1.29 is 14.2 Å². The Labute approximate surface area is 127 Å². The summed E-state index contributed by atoms with van der Waals surface area (Å²) in [6.07, 6.45) is 0.800. The molecule has 0 saturated heterocycles. The van der Waals surface area contributed by atoms with Crippen molar-refractivity contribution in [2.75, 3.05) is 26.7 Å². The number of aliphatic hydroxyl groups excluding tert-OH is 1. The largest absolute Gasteiger partial charge is 0.496 e. The lowest BCUT2D eigenvalue weighted by Gasteiger charge is -2.25. The molecule has 3 nitrogen and oxygen atoms in total. The number of aliphatic hydroxyl groups is 1. The van der Waals surface area contributed by atoms with E-state index in [9.17, 15) is 9.50 Å². The molecule has 0 fully saturated rings. The molecule has 0 heterocycles. The van der Waals surface area contributed by atoms with Gasteiger partial charge in [-0.25, -0.2) is 4.39 Å². The van der Waals surface area contributed by atoms with Gasteiger partial charge in [0.1, 0.15) is 11.6 Å². The minimum atomic E-state index is -0.841. The second kappa shape index (κ2) is 9.00. The van der Waals surface area contributed by atoms with Crippen molar-refractivity contribution in [3.63, 3.8) is 0 Å². The summed E-state index contributed by atoms with van der Waals surface area (Å²) in [5.74, 6) is 0.629. The van der Waals surface area contributed by atoms with Crippen LogP contribution >= 0.6 is 0 Å². The maximum atomic E-state index is 13.9. The van der Waals surface area contributed by atoms with Crippen molar-refractivity contribution >= 4 is 0 Å². The molecule has 0 bridgehead atoms. The van der Waals surface area contributed by atoms with Gasteiger partial charge in [-0.15, -0.1) is 0 Å². The summed E-state index contributed by atoms with van der Waals surface area (Å²) in [5.41, 5.74) is 0.264. The fourth-order valence-corrected chi connectivity index (χ4v) is 2.42. The second-order valence-corrected chi connectivity index (χ2v) is 5.57. The smallest absolute Gasteiger partial charge is 0.132 e. The van der Waals surface area contributed by atoms with Crippen molar-refractivity contribution in [3.8, 4) is 5.75 Å². The molecule has 1 N–H and O–H groups in total. The molecule has 21 heavy (non-hydrogen) atoms. The molecular formula is C17H28FNO2. The SMILES string of the molecule is CCC(C)CN(CC)CCC(O)c1c(F)cccc1OC. The number of hydrogen-bond acceptors (Lipinski definition) is 3. The van der Waals surface area contributed by atoms with Gasteiger partial charge in [-0.3, -0.25) is 0 Å². The van der Waals surface area contributed by atoms with Crippen LogP contribution in [0, 0.1) is 11.7 Å². The first-order valence-electron chi connectivity index (χ1n) is 7.76. The van der Waals surface area contributed by atoms with Gasteiger partial charge in [0, 0.05) is 13.1 Å². The van der Waals surface area contributed by atoms with Gasteiger partial charge < -0.3 is 14.7 Å². The van der Waals surface area contributed by atoms with Crippen LogP contribution in [0.15, 0.2) is 18.2 Å². The topological polar surface area (TPSA) is 32.7 Å².